The number of rotatable bonds is 4. The minimum Gasteiger partial charge on any atom is -0.328 e. The van der Waals surface area contributed by atoms with Crippen LogP contribution in [0.25, 0.3) is 0 Å². The molecule has 0 heterocycles. The number of anilines is 1. The van der Waals surface area contributed by atoms with Gasteiger partial charge in [-0.15, -0.1) is 12.4 Å². The molecule has 0 aliphatic heterocycles. The zero-order valence-corrected chi connectivity index (χ0v) is 11.6. The smallest absolute Gasteiger partial charge is 0.224 e. The summed E-state index contributed by atoms with van der Waals surface area (Å²) in [4.78, 5) is 11.6. The summed E-state index contributed by atoms with van der Waals surface area (Å²) >= 11 is 5.83. The van der Waals surface area contributed by atoms with E-state index >= 15 is 0 Å². The van der Waals surface area contributed by atoms with Crippen LogP contribution in [-0.2, 0) is 4.79 Å². The molecule has 0 spiro atoms. The summed E-state index contributed by atoms with van der Waals surface area (Å²) in [7, 11) is 0. The first-order valence-corrected chi connectivity index (χ1v) is 5.68. The SMILES string of the molecule is Cc1cc(Cl)ccc1NC(=O)CCC(C)N.Cl. The Kier molecular flexibility index (Phi) is 7.19. The molecule has 0 aliphatic rings. The van der Waals surface area contributed by atoms with Crippen LogP contribution in [0.4, 0.5) is 5.69 Å². The number of aryl methyl sites for hydroxylation is 1. The number of benzene rings is 1. The molecule has 96 valence electrons. The van der Waals surface area contributed by atoms with E-state index in [4.69, 9.17) is 17.3 Å². The molecule has 0 radical (unpaired) electrons. The Labute approximate surface area is 113 Å². The molecule has 1 amide bonds. The number of hydrogen-bond acceptors (Lipinski definition) is 2. The molecule has 17 heavy (non-hydrogen) atoms. The third-order valence-corrected chi connectivity index (χ3v) is 2.52. The molecule has 0 aliphatic carbocycles. The lowest BCUT2D eigenvalue weighted by Crippen LogP contribution is -2.19. The van der Waals surface area contributed by atoms with Crippen molar-refractivity contribution < 1.29 is 4.79 Å². The van der Waals surface area contributed by atoms with Crippen LogP contribution in [0, 0.1) is 6.92 Å². The highest BCUT2D eigenvalue weighted by Gasteiger charge is 2.06. The van der Waals surface area contributed by atoms with E-state index in [0.29, 0.717) is 17.9 Å². The summed E-state index contributed by atoms with van der Waals surface area (Å²) in [6, 6.07) is 5.44. The fraction of sp³-hybridized carbons (Fsp3) is 0.417. The molecule has 0 fully saturated rings. The van der Waals surface area contributed by atoms with Crippen LogP contribution in [0.15, 0.2) is 18.2 Å². The number of nitrogens with two attached hydrogens (primary N) is 1. The fourth-order valence-electron chi connectivity index (χ4n) is 1.34. The van der Waals surface area contributed by atoms with Gasteiger partial charge in [-0.25, -0.2) is 0 Å². The van der Waals surface area contributed by atoms with Crippen LogP contribution >= 0.6 is 24.0 Å². The Hall–Kier alpha value is -0.770. The quantitative estimate of drug-likeness (QED) is 0.888. The minimum absolute atomic E-state index is 0. The van der Waals surface area contributed by atoms with Crippen molar-refractivity contribution in [1.29, 1.82) is 0 Å². The third-order valence-electron chi connectivity index (χ3n) is 2.29. The summed E-state index contributed by atoms with van der Waals surface area (Å²) in [5, 5.41) is 3.51. The van der Waals surface area contributed by atoms with Crippen molar-refractivity contribution in [3.8, 4) is 0 Å². The molecule has 1 rings (SSSR count). The lowest BCUT2D eigenvalue weighted by Gasteiger charge is -2.09. The number of nitrogens with one attached hydrogen (secondary N) is 1. The number of amides is 1. The first-order valence-electron chi connectivity index (χ1n) is 5.30. The summed E-state index contributed by atoms with van der Waals surface area (Å²) in [5.74, 6) is -0.0114. The lowest BCUT2D eigenvalue weighted by atomic mass is 10.1. The van der Waals surface area contributed by atoms with E-state index in [0.717, 1.165) is 11.3 Å². The van der Waals surface area contributed by atoms with E-state index in [1.165, 1.54) is 0 Å². The van der Waals surface area contributed by atoms with Gasteiger partial charge in [-0.1, -0.05) is 11.6 Å². The monoisotopic (exact) mass is 276 g/mol. The normalized spacial score (nSPS) is 11.5. The Morgan fingerprint density at radius 3 is 2.71 bits per heavy atom. The molecule has 0 aromatic heterocycles. The standard InChI is InChI=1S/C12H17ClN2O.ClH/c1-8-7-10(13)4-5-11(8)15-12(16)6-3-9(2)14;/h4-5,7,9H,3,6,14H2,1-2H3,(H,15,16);1H. The van der Waals surface area contributed by atoms with E-state index in [-0.39, 0.29) is 24.4 Å². The second-order valence-corrected chi connectivity index (χ2v) is 4.46. The van der Waals surface area contributed by atoms with Crippen molar-refractivity contribution in [2.45, 2.75) is 32.7 Å². The molecule has 1 unspecified atom stereocenters. The van der Waals surface area contributed by atoms with Crippen molar-refractivity contribution in [1.82, 2.24) is 0 Å². The van der Waals surface area contributed by atoms with Crippen molar-refractivity contribution in [3.05, 3.63) is 28.8 Å². The predicted octanol–water partition coefficient (Wildman–Crippen LogP) is 3.14. The number of halogens is 2. The van der Waals surface area contributed by atoms with Crippen LogP contribution in [-0.4, -0.2) is 11.9 Å². The van der Waals surface area contributed by atoms with E-state index in [1.54, 1.807) is 12.1 Å². The Morgan fingerprint density at radius 1 is 1.53 bits per heavy atom. The summed E-state index contributed by atoms with van der Waals surface area (Å²) in [6.45, 7) is 3.80. The van der Waals surface area contributed by atoms with E-state index in [2.05, 4.69) is 5.32 Å². The van der Waals surface area contributed by atoms with Gasteiger partial charge in [0.05, 0.1) is 0 Å². The van der Waals surface area contributed by atoms with Crippen LogP contribution < -0.4 is 11.1 Å². The molecule has 1 aromatic carbocycles. The summed E-state index contributed by atoms with van der Waals surface area (Å²) in [6.07, 6.45) is 1.14. The molecule has 1 aromatic rings. The molecule has 0 bridgehead atoms. The van der Waals surface area contributed by atoms with Gasteiger partial charge < -0.3 is 11.1 Å². The van der Waals surface area contributed by atoms with Crippen LogP contribution in [0.2, 0.25) is 5.02 Å². The topological polar surface area (TPSA) is 55.1 Å². The second kappa shape index (κ2) is 7.54. The Bertz CT molecular complexity index is 381. The van der Waals surface area contributed by atoms with Crippen molar-refractivity contribution in [2.24, 2.45) is 5.73 Å². The van der Waals surface area contributed by atoms with Gasteiger partial charge in [0, 0.05) is 23.2 Å². The first-order chi connectivity index (χ1) is 7.49. The van der Waals surface area contributed by atoms with Crippen molar-refractivity contribution in [2.75, 3.05) is 5.32 Å². The van der Waals surface area contributed by atoms with E-state index in [9.17, 15) is 4.79 Å². The molecular weight excluding hydrogens is 259 g/mol. The lowest BCUT2D eigenvalue weighted by molar-refractivity contribution is -0.116. The Morgan fingerprint density at radius 2 is 2.18 bits per heavy atom. The molecule has 0 saturated heterocycles. The van der Waals surface area contributed by atoms with Crippen LogP contribution in [0.5, 0.6) is 0 Å². The minimum atomic E-state index is -0.0114. The van der Waals surface area contributed by atoms with Gasteiger partial charge >= 0.3 is 0 Å². The van der Waals surface area contributed by atoms with Gasteiger partial charge in [0.15, 0.2) is 0 Å². The average molecular weight is 277 g/mol. The average Bonchev–Trinajstić information content (AvgIpc) is 2.19. The number of hydrogen-bond donors (Lipinski definition) is 2. The Balaban J connectivity index is 0.00000256. The number of carbonyl (C=O) groups excluding carboxylic acids is 1. The fourth-order valence-corrected chi connectivity index (χ4v) is 1.57. The van der Waals surface area contributed by atoms with Crippen LogP contribution in [0.1, 0.15) is 25.3 Å². The van der Waals surface area contributed by atoms with Crippen molar-refractivity contribution in [3.63, 3.8) is 0 Å². The predicted molar refractivity (Wildman–Crippen MR) is 75.0 cm³/mol. The maximum atomic E-state index is 11.6. The summed E-state index contributed by atoms with van der Waals surface area (Å²) < 4.78 is 0. The zero-order valence-electron chi connectivity index (χ0n) is 10.00. The van der Waals surface area contributed by atoms with Gasteiger partial charge in [-0.2, -0.15) is 0 Å². The van der Waals surface area contributed by atoms with Gasteiger partial charge in [0.2, 0.25) is 5.91 Å². The van der Waals surface area contributed by atoms with E-state index in [1.807, 2.05) is 19.9 Å². The van der Waals surface area contributed by atoms with Gasteiger partial charge in [0.1, 0.15) is 0 Å². The number of carbonyl (C=O) groups is 1. The highest BCUT2D eigenvalue weighted by atomic mass is 35.5. The van der Waals surface area contributed by atoms with Crippen molar-refractivity contribution >= 4 is 35.6 Å². The maximum Gasteiger partial charge on any atom is 0.224 e. The summed E-state index contributed by atoms with van der Waals surface area (Å²) in [5.41, 5.74) is 7.35. The van der Waals surface area contributed by atoms with Gasteiger partial charge in [0.25, 0.3) is 0 Å². The molecule has 5 heteroatoms. The molecule has 3 N–H and O–H groups in total. The zero-order chi connectivity index (χ0) is 12.1. The molecule has 1 atom stereocenters. The van der Waals surface area contributed by atoms with Crippen LogP contribution in [0.3, 0.4) is 0 Å². The first kappa shape index (κ1) is 16.2. The second-order valence-electron chi connectivity index (χ2n) is 4.02. The third kappa shape index (κ3) is 5.91. The maximum absolute atomic E-state index is 11.6. The largest absolute Gasteiger partial charge is 0.328 e. The highest BCUT2D eigenvalue weighted by molar-refractivity contribution is 6.30. The van der Waals surface area contributed by atoms with Gasteiger partial charge in [-0.3, -0.25) is 4.79 Å². The molecular formula is C12H18Cl2N2O. The molecule has 3 nitrogen and oxygen atoms in total. The van der Waals surface area contributed by atoms with E-state index < -0.39 is 0 Å². The van der Waals surface area contributed by atoms with Gasteiger partial charge in [-0.05, 0) is 44.0 Å². The molecule has 0 saturated carbocycles. The highest BCUT2D eigenvalue weighted by Crippen LogP contribution is 2.19.